The molecular formula is C26H21FN4O3S. The summed E-state index contributed by atoms with van der Waals surface area (Å²) >= 11 is 1.54. The number of ether oxygens (including phenoxy) is 1. The third kappa shape index (κ3) is 4.50. The summed E-state index contributed by atoms with van der Waals surface area (Å²) in [6.45, 7) is 3.46. The third-order valence-corrected chi connectivity index (χ3v) is 6.66. The molecule has 4 aromatic rings. The van der Waals surface area contributed by atoms with Crippen LogP contribution in [0.4, 0.5) is 15.8 Å². The van der Waals surface area contributed by atoms with Crippen molar-refractivity contribution >= 4 is 34.5 Å². The zero-order valence-electron chi connectivity index (χ0n) is 19.0. The number of aryl methyl sites for hydroxylation is 1. The molecule has 1 unspecified atom stereocenters. The SMILES string of the molecule is Cc1sc(-c2ccccn2)nc1-c1ccc2c(c1)N(C(C)C(=O)Nc1ccc(F)cc1)C(=O)CO2. The molecule has 0 saturated heterocycles. The molecular weight excluding hydrogens is 467 g/mol. The van der Waals surface area contributed by atoms with E-state index in [1.807, 2.05) is 37.3 Å². The number of hydrogen-bond donors (Lipinski definition) is 1. The van der Waals surface area contributed by atoms with Crippen LogP contribution < -0.4 is 15.0 Å². The molecule has 2 aromatic heterocycles. The van der Waals surface area contributed by atoms with E-state index in [2.05, 4.69) is 10.3 Å². The number of carbonyl (C=O) groups excluding carboxylic acids is 2. The van der Waals surface area contributed by atoms with Crippen molar-refractivity contribution in [1.29, 1.82) is 0 Å². The van der Waals surface area contributed by atoms with Crippen LogP contribution in [0, 0.1) is 12.7 Å². The van der Waals surface area contributed by atoms with Crippen LogP contribution >= 0.6 is 11.3 Å². The smallest absolute Gasteiger partial charge is 0.265 e. The maximum atomic E-state index is 13.2. The van der Waals surface area contributed by atoms with E-state index in [1.54, 1.807) is 19.2 Å². The Bertz CT molecular complexity index is 1410. The van der Waals surface area contributed by atoms with Crippen LogP contribution in [-0.4, -0.2) is 34.4 Å². The van der Waals surface area contributed by atoms with Crippen LogP contribution in [0.25, 0.3) is 22.0 Å². The number of nitrogens with one attached hydrogen (secondary N) is 1. The Labute approximate surface area is 205 Å². The number of benzene rings is 2. The number of amides is 2. The average molecular weight is 489 g/mol. The van der Waals surface area contributed by atoms with E-state index in [1.165, 1.54) is 40.5 Å². The lowest BCUT2D eigenvalue weighted by atomic mass is 10.1. The maximum absolute atomic E-state index is 13.2. The van der Waals surface area contributed by atoms with Crippen molar-refractivity contribution in [1.82, 2.24) is 9.97 Å². The number of anilines is 2. The van der Waals surface area contributed by atoms with Crippen molar-refractivity contribution in [2.75, 3.05) is 16.8 Å². The Morgan fingerprint density at radius 2 is 1.97 bits per heavy atom. The molecule has 0 bridgehead atoms. The molecule has 1 N–H and O–H groups in total. The summed E-state index contributed by atoms with van der Waals surface area (Å²) in [6.07, 6.45) is 1.73. The Morgan fingerprint density at radius 1 is 1.17 bits per heavy atom. The molecule has 5 rings (SSSR count). The summed E-state index contributed by atoms with van der Waals surface area (Å²) in [7, 11) is 0. The zero-order valence-corrected chi connectivity index (χ0v) is 19.8. The van der Waals surface area contributed by atoms with Gasteiger partial charge in [0.15, 0.2) is 6.61 Å². The van der Waals surface area contributed by atoms with Crippen molar-refractivity contribution < 1.29 is 18.7 Å². The van der Waals surface area contributed by atoms with Crippen molar-refractivity contribution in [3.63, 3.8) is 0 Å². The Kier molecular flexibility index (Phi) is 6.00. The van der Waals surface area contributed by atoms with Gasteiger partial charge in [0, 0.05) is 22.3 Å². The van der Waals surface area contributed by atoms with Crippen LogP contribution in [0.15, 0.2) is 66.9 Å². The number of aromatic nitrogens is 2. The second-order valence-electron chi connectivity index (χ2n) is 8.05. The lowest BCUT2D eigenvalue weighted by molar-refractivity contribution is -0.125. The molecule has 2 amide bonds. The maximum Gasteiger partial charge on any atom is 0.265 e. The molecule has 35 heavy (non-hydrogen) atoms. The largest absolute Gasteiger partial charge is 0.482 e. The predicted octanol–water partition coefficient (Wildman–Crippen LogP) is 5.07. The van der Waals surface area contributed by atoms with Crippen molar-refractivity contribution in [2.45, 2.75) is 19.9 Å². The number of pyridine rings is 1. The van der Waals surface area contributed by atoms with Gasteiger partial charge in [-0.2, -0.15) is 0 Å². The summed E-state index contributed by atoms with van der Waals surface area (Å²) in [4.78, 5) is 37.4. The normalized spacial score (nSPS) is 13.7. The topological polar surface area (TPSA) is 84.4 Å². The van der Waals surface area contributed by atoms with Crippen LogP contribution in [0.5, 0.6) is 5.75 Å². The number of fused-ring (bicyclic) bond motifs is 1. The lowest BCUT2D eigenvalue weighted by Gasteiger charge is -2.33. The fourth-order valence-electron chi connectivity index (χ4n) is 3.90. The van der Waals surface area contributed by atoms with Crippen LogP contribution in [0.3, 0.4) is 0 Å². The minimum absolute atomic E-state index is 0.167. The molecule has 2 aromatic carbocycles. The van der Waals surface area contributed by atoms with E-state index in [0.29, 0.717) is 17.1 Å². The average Bonchev–Trinajstić information content (AvgIpc) is 3.26. The van der Waals surface area contributed by atoms with Crippen LogP contribution in [0.2, 0.25) is 0 Å². The third-order valence-electron chi connectivity index (χ3n) is 5.67. The van der Waals surface area contributed by atoms with Gasteiger partial charge in [0.2, 0.25) is 5.91 Å². The minimum Gasteiger partial charge on any atom is -0.482 e. The number of nitrogens with zero attached hydrogens (tertiary/aromatic N) is 3. The van der Waals surface area contributed by atoms with Gasteiger partial charge in [-0.3, -0.25) is 19.5 Å². The fourth-order valence-corrected chi connectivity index (χ4v) is 4.82. The highest BCUT2D eigenvalue weighted by atomic mass is 32.1. The summed E-state index contributed by atoms with van der Waals surface area (Å²) in [5.41, 5.74) is 3.30. The first-order chi connectivity index (χ1) is 16.9. The number of carbonyl (C=O) groups is 2. The Balaban J connectivity index is 1.47. The van der Waals surface area contributed by atoms with Crippen LogP contribution in [-0.2, 0) is 9.59 Å². The Morgan fingerprint density at radius 3 is 2.71 bits per heavy atom. The van der Waals surface area contributed by atoms with E-state index in [-0.39, 0.29) is 12.5 Å². The van der Waals surface area contributed by atoms with E-state index >= 15 is 0 Å². The molecule has 1 aliphatic heterocycles. The van der Waals surface area contributed by atoms with Crippen molar-refractivity contribution in [3.8, 4) is 27.7 Å². The van der Waals surface area contributed by atoms with Crippen molar-refractivity contribution in [2.24, 2.45) is 0 Å². The molecule has 0 aliphatic carbocycles. The van der Waals surface area contributed by atoms with Crippen molar-refractivity contribution in [3.05, 3.63) is 77.6 Å². The number of rotatable bonds is 5. The molecule has 3 heterocycles. The summed E-state index contributed by atoms with van der Waals surface area (Å²) in [5.74, 6) is -0.622. The van der Waals surface area contributed by atoms with E-state index in [0.717, 1.165) is 26.8 Å². The summed E-state index contributed by atoms with van der Waals surface area (Å²) in [6, 6.07) is 15.8. The van der Waals surface area contributed by atoms with E-state index < -0.39 is 17.8 Å². The van der Waals surface area contributed by atoms with Gasteiger partial charge < -0.3 is 10.1 Å². The fraction of sp³-hybridized carbons (Fsp3) is 0.154. The first kappa shape index (κ1) is 22.7. The molecule has 0 radical (unpaired) electrons. The van der Waals surface area contributed by atoms with E-state index in [4.69, 9.17) is 9.72 Å². The first-order valence-electron chi connectivity index (χ1n) is 11.0. The highest BCUT2D eigenvalue weighted by Gasteiger charge is 2.33. The molecule has 0 fully saturated rings. The molecule has 0 saturated carbocycles. The minimum atomic E-state index is -0.828. The van der Waals surface area contributed by atoms with Gasteiger partial charge in [-0.1, -0.05) is 6.07 Å². The number of hydrogen-bond acceptors (Lipinski definition) is 6. The number of halogens is 1. The van der Waals surface area contributed by atoms with Gasteiger partial charge in [-0.25, -0.2) is 9.37 Å². The molecule has 9 heteroatoms. The highest BCUT2D eigenvalue weighted by molar-refractivity contribution is 7.15. The molecule has 1 atom stereocenters. The predicted molar refractivity (Wildman–Crippen MR) is 133 cm³/mol. The van der Waals surface area contributed by atoms with E-state index in [9.17, 15) is 14.0 Å². The first-order valence-corrected chi connectivity index (χ1v) is 11.8. The molecule has 176 valence electrons. The highest BCUT2D eigenvalue weighted by Crippen LogP contribution is 2.39. The standard InChI is InChI=1S/C26H21FN4O3S/c1-15(25(33)29-19-9-7-18(27)8-10-19)31-21-13-17(6-11-22(21)34-14-23(31)32)24-16(2)35-26(30-24)20-5-3-4-12-28-20/h3-13,15H,14H2,1-2H3,(H,29,33). The van der Waals surface area contributed by atoms with Gasteiger partial charge in [-0.05, 0) is 68.4 Å². The molecule has 0 spiro atoms. The summed E-state index contributed by atoms with van der Waals surface area (Å²) in [5, 5.41) is 3.53. The second kappa shape index (κ2) is 9.27. The van der Waals surface area contributed by atoms with Gasteiger partial charge in [-0.15, -0.1) is 11.3 Å². The molecule has 1 aliphatic rings. The monoisotopic (exact) mass is 488 g/mol. The number of thiazole rings is 1. The van der Waals surface area contributed by atoms with Gasteiger partial charge >= 0.3 is 0 Å². The molecule has 7 nitrogen and oxygen atoms in total. The second-order valence-corrected chi connectivity index (χ2v) is 9.25. The lowest BCUT2D eigenvalue weighted by Crippen LogP contribution is -2.49. The Hall–Kier alpha value is -4.11. The van der Waals surface area contributed by atoms with Crippen LogP contribution in [0.1, 0.15) is 11.8 Å². The van der Waals surface area contributed by atoms with Gasteiger partial charge in [0.05, 0.1) is 17.1 Å². The van der Waals surface area contributed by atoms with Gasteiger partial charge in [0.1, 0.15) is 22.6 Å². The quantitative estimate of drug-likeness (QED) is 0.424. The van der Waals surface area contributed by atoms with Gasteiger partial charge in [0.25, 0.3) is 5.91 Å². The summed E-state index contributed by atoms with van der Waals surface area (Å²) < 4.78 is 18.8. The zero-order chi connectivity index (χ0) is 24.5.